The van der Waals surface area contributed by atoms with Crippen LogP contribution in [0.2, 0.25) is 0 Å². The van der Waals surface area contributed by atoms with Gasteiger partial charge in [-0.3, -0.25) is 9.78 Å². The van der Waals surface area contributed by atoms with Gasteiger partial charge in [0.15, 0.2) is 11.2 Å². The van der Waals surface area contributed by atoms with Crippen molar-refractivity contribution in [2.24, 2.45) is 11.8 Å². The molecule has 4 N–H and O–H groups in total. The number of hydrogen-bond donors (Lipinski definition) is 3. The van der Waals surface area contributed by atoms with Crippen LogP contribution in [0.3, 0.4) is 0 Å². The van der Waals surface area contributed by atoms with Gasteiger partial charge < -0.3 is 15.4 Å². The van der Waals surface area contributed by atoms with E-state index in [1.807, 2.05) is 0 Å². The van der Waals surface area contributed by atoms with Crippen molar-refractivity contribution in [3.63, 3.8) is 0 Å². The van der Waals surface area contributed by atoms with Crippen LogP contribution in [-0.4, -0.2) is 31.2 Å². The van der Waals surface area contributed by atoms with Gasteiger partial charge in [-0.25, -0.2) is 4.98 Å². The Kier molecular flexibility index (Phi) is 2.24. The van der Waals surface area contributed by atoms with Crippen LogP contribution >= 0.6 is 0 Å². The van der Waals surface area contributed by atoms with Crippen LogP contribution in [0.5, 0.6) is 0 Å². The maximum atomic E-state index is 11.6. The summed E-state index contributed by atoms with van der Waals surface area (Å²) in [6, 6.07) is 0. The molecule has 7 nitrogen and oxygen atoms in total. The maximum Gasteiger partial charge on any atom is 0.280 e. The van der Waals surface area contributed by atoms with Gasteiger partial charge in [-0.1, -0.05) is 12.2 Å². The molecule has 0 bridgehead atoms. The molecule has 2 aromatic rings. The minimum Gasteiger partial charge on any atom is -0.396 e. The molecule has 2 atom stereocenters. The number of aliphatic hydroxyl groups excluding tert-OH is 1. The average molecular weight is 247 g/mol. The maximum absolute atomic E-state index is 11.6. The zero-order valence-electron chi connectivity index (χ0n) is 9.63. The monoisotopic (exact) mass is 247 g/mol. The van der Waals surface area contributed by atoms with Crippen molar-refractivity contribution in [2.75, 3.05) is 12.3 Å². The Hall–Kier alpha value is -2.15. The normalized spacial score (nSPS) is 22.6. The lowest BCUT2D eigenvalue weighted by atomic mass is 10.3. The lowest BCUT2D eigenvalue weighted by molar-refractivity contribution is 0.269. The molecule has 1 aliphatic rings. The van der Waals surface area contributed by atoms with E-state index in [0.29, 0.717) is 12.2 Å². The minimum atomic E-state index is -0.343. The number of rotatable bonds is 3. The number of aromatic amines is 1. The molecular formula is C11H13N5O2. The average Bonchev–Trinajstić information content (AvgIpc) is 2.75. The first-order chi connectivity index (χ1) is 8.61. The van der Waals surface area contributed by atoms with Crippen molar-refractivity contribution in [1.29, 1.82) is 0 Å². The molecule has 7 heteroatoms. The molecule has 1 fully saturated rings. The van der Waals surface area contributed by atoms with Gasteiger partial charge in [0.1, 0.15) is 0 Å². The quantitative estimate of drug-likeness (QED) is 0.633. The highest BCUT2D eigenvalue weighted by atomic mass is 16.3. The first-order valence-electron chi connectivity index (χ1n) is 5.62. The standard InChI is InChI=1S/C11H13N5O2/c1-5-6(7(5)3-17)2-16-4-13-8-9(16)14-11(12)15-10(8)18/h4,6-7,17H,1-3H2,(H3,12,14,15,18)/t6-,7-/m0/s1. The predicted octanol–water partition coefficient (Wildman–Crippen LogP) is -0.504. The number of aromatic nitrogens is 4. The molecule has 3 rings (SSSR count). The Bertz CT molecular complexity index is 686. The summed E-state index contributed by atoms with van der Waals surface area (Å²) in [5, 5.41) is 9.10. The van der Waals surface area contributed by atoms with Gasteiger partial charge in [0, 0.05) is 18.4 Å². The minimum absolute atomic E-state index is 0.0718. The van der Waals surface area contributed by atoms with Crippen LogP contribution in [0.25, 0.3) is 11.2 Å². The van der Waals surface area contributed by atoms with Crippen LogP contribution in [0.15, 0.2) is 23.3 Å². The number of nitrogen functional groups attached to an aromatic ring is 1. The van der Waals surface area contributed by atoms with Crippen LogP contribution < -0.4 is 11.3 Å². The molecule has 2 heterocycles. The SMILES string of the molecule is C=C1[C@H](CO)[C@H]1Cn1cnc2c(=O)[nH]c(N)nc21. The van der Waals surface area contributed by atoms with Crippen molar-refractivity contribution < 1.29 is 5.11 Å². The molecule has 0 unspecified atom stereocenters. The van der Waals surface area contributed by atoms with Gasteiger partial charge in [0.2, 0.25) is 5.95 Å². The van der Waals surface area contributed by atoms with Gasteiger partial charge >= 0.3 is 0 Å². The molecule has 0 aromatic carbocycles. The number of nitrogens with one attached hydrogen (secondary N) is 1. The topological polar surface area (TPSA) is 110 Å². The van der Waals surface area contributed by atoms with Crippen LogP contribution in [-0.2, 0) is 6.54 Å². The van der Waals surface area contributed by atoms with Gasteiger partial charge in [-0.05, 0) is 0 Å². The largest absolute Gasteiger partial charge is 0.396 e. The number of anilines is 1. The fourth-order valence-corrected chi connectivity index (χ4v) is 2.25. The lowest BCUT2D eigenvalue weighted by Gasteiger charge is -2.02. The predicted molar refractivity (Wildman–Crippen MR) is 65.8 cm³/mol. The summed E-state index contributed by atoms with van der Waals surface area (Å²) >= 11 is 0. The fourth-order valence-electron chi connectivity index (χ4n) is 2.25. The molecule has 0 radical (unpaired) electrons. The zero-order chi connectivity index (χ0) is 12.9. The van der Waals surface area contributed by atoms with E-state index in [2.05, 4.69) is 21.5 Å². The van der Waals surface area contributed by atoms with Crippen LogP contribution in [0, 0.1) is 11.8 Å². The summed E-state index contributed by atoms with van der Waals surface area (Å²) in [5.74, 6) is 0.430. The summed E-state index contributed by atoms with van der Waals surface area (Å²) in [4.78, 5) is 22.1. The Morgan fingerprint density at radius 1 is 1.56 bits per heavy atom. The van der Waals surface area contributed by atoms with Gasteiger partial charge in [-0.15, -0.1) is 0 Å². The highest BCUT2D eigenvalue weighted by Crippen LogP contribution is 2.45. The smallest absolute Gasteiger partial charge is 0.280 e. The summed E-state index contributed by atoms with van der Waals surface area (Å²) in [7, 11) is 0. The third kappa shape index (κ3) is 1.52. The number of nitrogens with zero attached hydrogens (tertiary/aromatic N) is 3. The summed E-state index contributed by atoms with van der Waals surface area (Å²) < 4.78 is 1.77. The number of H-pyrrole nitrogens is 1. The number of fused-ring (bicyclic) bond motifs is 1. The molecule has 0 aliphatic heterocycles. The molecule has 0 amide bonds. The Morgan fingerprint density at radius 3 is 3.00 bits per heavy atom. The van der Waals surface area contributed by atoms with Crippen LogP contribution in [0.4, 0.5) is 5.95 Å². The van der Waals surface area contributed by atoms with Crippen molar-refractivity contribution in [2.45, 2.75) is 6.54 Å². The molecule has 94 valence electrons. The van der Waals surface area contributed by atoms with Gasteiger partial charge in [0.25, 0.3) is 5.56 Å². The molecule has 1 saturated carbocycles. The summed E-state index contributed by atoms with van der Waals surface area (Å²) in [5.41, 5.74) is 6.94. The van der Waals surface area contributed by atoms with Crippen molar-refractivity contribution >= 4 is 17.1 Å². The molecule has 0 saturated heterocycles. The second-order valence-corrected chi connectivity index (χ2v) is 4.49. The van der Waals surface area contributed by atoms with E-state index in [-0.39, 0.29) is 35.5 Å². The molecular weight excluding hydrogens is 234 g/mol. The molecule has 18 heavy (non-hydrogen) atoms. The van der Waals surface area contributed by atoms with E-state index in [4.69, 9.17) is 10.8 Å². The van der Waals surface area contributed by atoms with E-state index >= 15 is 0 Å². The second-order valence-electron chi connectivity index (χ2n) is 4.49. The van der Waals surface area contributed by atoms with Crippen molar-refractivity contribution in [1.82, 2.24) is 19.5 Å². The Labute approximate surface area is 102 Å². The Balaban J connectivity index is 1.99. The van der Waals surface area contributed by atoms with E-state index in [0.717, 1.165) is 5.57 Å². The van der Waals surface area contributed by atoms with Gasteiger partial charge in [0.05, 0.1) is 12.9 Å². The Morgan fingerprint density at radius 2 is 2.33 bits per heavy atom. The second kappa shape index (κ2) is 3.67. The van der Waals surface area contributed by atoms with Crippen LogP contribution in [0.1, 0.15) is 0 Å². The van der Waals surface area contributed by atoms with Crippen molar-refractivity contribution in [3.05, 3.63) is 28.8 Å². The third-order valence-corrected chi connectivity index (χ3v) is 3.41. The van der Waals surface area contributed by atoms with Crippen molar-refractivity contribution in [3.8, 4) is 0 Å². The summed E-state index contributed by atoms with van der Waals surface area (Å²) in [6.07, 6.45) is 1.56. The highest BCUT2D eigenvalue weighted by molar-refractivity contribution is 5.70. The van der Waals surface area contributed by atoms with E-state index < -0.39 is 0 Å². The fraction of sp³-hybridized carbons (Fsp3) is 0.364. The highest BCUT2D eigenvalue weighted by Gasteiger charge is 2.41. The molecule has 0 spiro atoms. The first kappa shape index (κ1) is 11.0. The number of nitrogens with two attached hydrogens (primary N) is 1. The third-order valence-electron chi connectivity index (χ3n) is 3.41. The number of hydrogen-bond acceptors (Lipinski definition) is 5. The van der Waals surface area contributed by atoms with Gasteiger partial charge in [-0.2, -0.15) is 4.98 Å². The molecule has 2 aromatic heterocycles. The number of aliphatic hydroxyl groups is 1. The number of imidazole rings is 1. The van der Waals surface area contributed by atoms with E-state index in [1.54, 1.807) is 10.9 Å². The summed E-state index contributed by atoms with van der Waals surface area (Å²) in [6.45, 7) is 4.60. The van der Waals surface area contributed by atoms with E-state index in [9.17, 15) is 4.79 Å². The first-order valence-corrected chi connectivity index (χ1v) is 5.62. The zero-order valence-corrected chi connectivity index (χ0v) is 9.63. The van der Waals surface area contributed by atoms with E-state index in [1.165, 1.54) is 0 Å². The molecule has 1 aliphatic carbocycles. The lowest BCUT2D eigenvalue weighted by Crippen LogP contribution is -2.12.